The van der Waals surface area contributed by atoms with Crippen molar-refractivity contribution >= 4 is 27.7 Å². The van der Waals surface area contributed by atoms with Crippen molar-refractivity contribution in [1.82, 2.24) is 14.9 Å². The Morgan fingerprint density at radius 1 is 1.44 bits per heavy atom. The number of carbonyl (C=O) groups excluding carboxylic acids is 1. The first-order valence-corrected chi connectivity index (χ1v) is 5.61. The molecule has 0 aromatic carbocycles. The molecule has 1 saturated heterocycles. The van der Waals surface area contributed by atoms with E-state index in [1.165, 1.54) is 6.20 Å². The molecule has 16 heavy (non-hydrogen) atoms. The molecule has 0 atom stereocenters. The van der Waals surface area contributed by atoms with Gasteiger partial charge in [0.2, 0.25) is 5.91 Å². The lowest BCUT2D eigenvalue weighted by molar-refractivity contribution is -0.129. The maximum atomic E-state index is 11.6. The van der Waals surface area contributed by atoms with Gasteiger partial charge < -0.3 is 14.8 Å². The number of aromatic nitrogens is 2. The molecule has 7 heteroatoms. The number of anilines is 1. The lowest BCUT2D eigenvalue weighted by atomic mass is 10.3. The lowest BCUT2D eigenvalue weighted by Crippen LogP contribution is -2.50. The van der Waals surface area contributed by atoms with Crippen LogP contribution in [0.5, 0.6) is 0 Å². The van der Waals surface area contributed by atoms with E-state index >= 15 is 0 Å². The third kappa shape index (κ3) is 2.08. The van der Waals surface area contributed by atoms with Gasteiger partial charge in [-0.1, -0.05) is 0 Å². The van der Waals surface area contributed by atoms with E-state index in [2.05, 4.69) is 25.9 Å². The number of piperazine rings is 1. The summed E-state index contributed by atoms with van der Waals surface area (Å²) in [4.78, 5) is 33.0. The van der Waals surface area contributed by atoms with Crippen molar-refractivity contribution in [2.45, 2.75) is 0 Å². The Bertz CT molecular complexity index is 473. The van der Waals surface area contributed by atoms with Crippen molar-refractivity contribution in [3.8, 4) is 0 Å². The fourth-order valence-corrected chi connectivity index (χ4v) is 1.81. The molecule has 2 heterocycles. The van der Waals surface area contributed by atoms with Gasteiger partial charge in [-0.25, -0.2) is 4.98 Å². The van der Waals surface area contributed by atoms with Crippen LogP contribution in [0.1, 0.15) is 0 Å². The number of amides is 1. The van der Waals surface area contributed by atoms with Gasteiger partial charge in [0.15, 0.2) is 5.82 Å². The third-order valence-corrected chi connectivity index (χ3v) is 2.90. The van der Waals surface area contributed by atoms with Gasteiger partial charge in [-0.05, 0) is 15.9 Å². The zero-order valence-corrected chi connectivity index (χ0v) is 10.3. The van der Waals surface area contributed by atoms with Crippen molar-refractivity contribution in [3.63, 3.8) is 0 Å². The Kier molecular flexibility index (Phi) is 2.95. The molecule has 1 fully saturated rings. The molecule has 0 bridgehead atoms. The van der Waals surface area contributed by atoms with Gasteiger partial charge in [0.25, 0.3) is 5.56 Å². The Hall–Kier alpha value is -1.37. The molecule has 0 radical (unpaired) electrons. The number of aromatic amines is 1. The zero-order chi connectivity index (χ0) is 11.7. The molecule has 1 aliphatic rings. The van der Waals surface area contributed by atoms with E-state index in [0.29, 0.717) is 17.7 Å². The van der Waals surface area contributed by atoms with Gasteiger partial charge >= 0.3 is 0 Å². The van der Waals surface area contributed by atoms with Gasteiger partial charge in [0.05, 0.1) is 6.54 Å². The van der Waals surface area contributed by atoms with Crippen LogP contribution in [0.3, 0.4) is 0 Å². The van der Waals surface area contributed by atoms with Crippen LogP contribution < -0.4 is 10.5 Å². The van der Waals surface area contributed by atoms with Gasteiger partial charge in [0.1, 0.15) is 4.60 Å². The third-order valence-electron chi connectivity index (χ3n) is 2.49. The monoisotopic (exact) mass is 286 g/mol. The number of rotatable bonds is 1. The van der Waals surface area contributed by atoms with Gasteiger partial charge in [-0.3, -0.25) is 9.59 Å². The van der Waals surface area contributed by atoms with Crippen molar-refractivity contribution in [3.05, 3.63) is 21.2 Å². The van der Waals surface area contributed by atoms with E-state index in [0.717, 1.165) is 0 Å². The Labute approximate surface area is 100 Å². The lowest BCUT2D eigenvalue weighted by Gasteiger charge is -2.32. The molecule has 1 aromatic heterocycles. The van der Waals surface area contributed by atoms with Crippen molar-refractivity contribution in [1.29, 1.82) is 0 Å². The maximum absolute atomic E-state index is 11.6. The number of nitrogens with one attached hydrogen (secondary N) is 1. The highest BCUT2D eigenvalue weighted by atomic mass is 79.9. The summed E-state index contributed by atoms with van der Waals surface area (Å²) in [6, 6.07) is 0. The predicted molar refractivity (Wildman–Crippen MR) is 62.4 cm³/mol. The first-order chi connectivity index (χ1) is 7.58. The molecule has 0 saturated carbocycles. The normalized spacial score (nSPS) is 16.8. The number of H-pyrrole nitrogens is 1. The van der Waals surface area contributed by atoms with E-state index < -0.39 is 0 Å². The summed E-state index contributed by atoms with van der Waals surface area (Å²) in [6.07, 6.45) is 1.48. The minimum Gasteiger partial charge on any atom is -0.342 e. The topological polar surface area (TPSA) is 69.3 Å². The molecular weight excluding hydrogens is 276 g/mol. The number of nitrogens with zero attached hydrogens (tertiary/aromatic N) is 3. The Morgan fingerprint density at radius 3 is 2.88 bits per heavy atom. The van der Waals surface area contributed by atoms with Crippen LogP contribution in [-0.2, 0) is 4.79 Å². The van der Waals surface area contributed by atoms with Gasteiger partial charge in [0, 0.05) is 26.3 Å². The molecule has 86 valence electrons. The number of likely N-dealkylation sites (N-methyl/N-ethyl adjacent to an activating group) is 1. The molecule has 0 spiro atoms. The van der Waals surface area contributed by atoms with Crippen molar-refractivity contribution < 1.29 is 4.79 Å². The van der Waals surface area contributed by atoms with E-state index in [4.69, 9.17) is 0 Å². The summed E-state index contributed by atoms with van der Waals surface area (Å²) < 4.78 is 0.550. The number of halogens is 1. The second-order valence-electron chi connectivity index (χ2n) is 3.61. The zero-order valence-electron chi connectivity index (χ0n) is 8.73. The molecule has 2 rings (SSSR count). The highest BCUT2D eigenvalue weighted by Gasteiger charge is 2.23. The van der Waals surface area contributed by atoms with Crippen LogP contribution in [0.4, 0.5) is 5.82 Å². The van der Waals surface area contributed by atoms with E-state index in [1.54, 1.807) is 16.8 Å². The fraction of sp³-hybridized carbons (Fsp3) is 0.444. The summed E-state index contributed by atoms with van der Waals surface area (Å²) in [6.45, 7) is 1.42. The number of hydrogen-bond donors (Lipinski definition) is 1. The second kappa shape index (κ2) is 4.25. The van der Waals surface area contributed by atoms with Crippen LogP contribution in [0.2, 0.25) is 0 Å². The molecule has 1 N–H and O–H groups in total. The van der Waals surface area contributed by atoms with Crippen molar-refractivity contribution in [2.24, 2.45) is 0 Å². The van der Waals surface area contributed by atoms with Crippen LogP contribution in [0.25, 0.3) is 0 Å². The first-order valence-electron chi connectivity index (χ1n) is 4.82. The summed E-state index contributed by atoms with van der Waals surface area (Å²) in [5, 5.41) is 0. The van der Waals surface area contributed by atoms with Gasteiger partial charge in [-0.15, -0.1) is 0 Å². The van der Waals surface area contributed by atoms with Crippen LogP contribution in [0.15, 0.2) is 15.6 Å². The summed E-state index contributed by atoms with van der Waals surface area (Å²) >= 11 is 3.19. The molecule has 6 nitrogen and oxygen atoms in total. The highest BCUT2D eigenvalue weighted by Crippen LogP contribution is 2.11. The van der Waals surface area contributed by atoms with E-state index in [9.17, 15) is 9.59 Å². The maximum Gasteiger partial charge on any atom is 0.290 e. The summed E-state index contributed by atoms with van der Waals surface area (Å²) in [5.41, 5.74) is -0.277. The molecule has 0 aliphatic carbocycles. The van der Waals surface area contributed by atoms with Crippen LogP contribution >= 0.6 is 15.9 Å². The van der Waals surface area contributed by atoms with Gasteiger partial charge in [-0.2, -0.15) is 0 Å². The Balaban J connectivity index is 2.28. The average molecular weight is 287 g/mol. The molecule has 0 unspecified atom stereocenters. The largest absolute Gasteiger partial charge is 0.342 e. The Morgan fingerprint density at radius 2 is 2.19 bits per heavy atom. The standard InChI is InChI=1S/C9H11BrN4O2/c1-13-2-3-14(5-7(13)15)8-9(16)11-4-6(10)12-8/h4H,2-3,5H2,1H3,(H,11,16). The fourth-order valence-electron chi connectivity index (χ4n) is 1.53. The van der Waals surface area contributed by atoms with E-state index in [1.807, 2.05) is 0 Å². The van der Waals surface area contributed by atoms with E-state index in [-0.39, 0.29) is 23.8 Å². The SMILES string of the molecule is CN1CCN(c2nc(Br)c[nH]c2=O)CC1=O. The smallest absolute Gasteiger partial charge is 0.290 e. The minimum atomic E-state index is -0.277. The van der Waals surface area contributed by atoms with Crippen LogP contribution in [0, 0.1) is 0 Å². The summed E-state index contributed by atoms with van der Waals surface area (Å²) in [5.74, 6) is 0.281. The quantitative estimate of drug-likeness (QED) is 0.777. The minimum absolute atomic E-state index is 0.00701. The number of hydrogen-bond acceptors (Lipinski definition) is 4. The molecule has 1 amide bonds. The number of carbonyl (C=O) groups is 1. The molecular formula is C9H11BrN4O2. The second-order valence-corrected chi connectivity index (χ2v) is 4.43. The average Bonchev–Trinajstić information content (AvgIpc) is 2.26. The first kappa shape index (κ1) is 11.1. The highest BCUT2D eigenvalue weighted by molar-refractivity contribution is 9.10. The van der Waals surface area contributed by atoms with Crippen molar-refractivity contribution in [2.75, 3.05) is 31.6 Å². The molecule has 1 aromatic rings. The predicted octanol–water partition coefficient (Wildman–Crippen LogP) is -0.189. The summed E-state index contributed by atoms with van der Waals surface area (Å²) in [7, 11) is 1.75. The molecule has 1 aliphatic heterocycles. The van der Waals surface area contributed by atoms with Crippen LogP contribution in [-0.4, -0.2) is 47.5 Å².